The molecule has 0 bridgehead atoms. The Balaban J connectivity index is 1.94. The average Bonchev–Trinajstić information content (AvgIpc) is 3.10. The Hall–Kier alpha value is -2.59. The van der Waals surface area contributed by atoms with Gasteiger partial charge in [0.05, 0.1) is 18.0 Å². The van der Waals surface area contributed by atoms with Crippen LogP contribution in [0.2, 0.25) is 0 Å². The molecule has 1 aromatic heterocycles. The highest BCUT2D eigenvalue weighted by atomic mass is 32.2. The molecule has 0 radical (unpaired) electrons. The van der Waals surface area contributed by atoms with Gasteiger partial charge in [-0.05, 0) is 57.5 Å². The van der Waals surface area contributed by atoms with E-state index < -0.39 is 21.4 Å². The molecule has 1 unspecified atom stereocenters. The fraction of sp³-hybridized carbons (Fsp3) is 0.450. The number of guanidine groups is 1. The summed E-state index contributed by atoms with van der Waals surface area (Å²) in [5, 5.41) is 16.5. The molecule has 0 saturated heterocycles. The number of aliphatic imine (C=N–C) groups is 1. The number of anilines is 1. The van der Waals surface area contributed by atoms with Crippen molar-refractivity contribution in [1.29, 1.82) is 0 Å². The first-order chi connectivity index (χ1) is 14.0. The number of hydrogen-bond donors (Lipinski definition) is 4. The van der Waals surface area contributed by atoms with E-state index >= 15 is 0 Å². The number of nitrogens with one attached hydrogen (secondary N) is 3. The van der Waals surface area contributed by atoms with Gasteiger partial charge in [0.15, 0.2) is 5.96 Å². The van der Waals surface area contributed by atoms with Crippen molar-refractivity contribution < 1.29 is 22.3 Å². The maximum absolute atomic E-state index is 13.6. The third kappa shape index (κ3) is 7.03. The van der Waals surface area contributed by atoms with E-state index in [4.69, 9.17) is 4.42 Å². The van der Waals surface area contributed by atoms with E-state index in [0.717, 1.165) is 6.07 Å². The molecule has 2 rings (SSSR count). The van der Waals surface area contributed by atoms with Crippen molar-refractivity contribution in [3.8, 4) is 0 Å². The van der Waals surface area contributed by atoms with Gasteiger partial charge in [0.2, 0.25) is 10.0 Å². The van der Waals surface area contributed by atoms with E-state index in [1.807, 2.05) is 6.92 Å². The summed E-state index contributed by atoms with van der Waals surface area (Å²) in [6, 6.07) is 7.61. The predicted octanol–water partition coefficient (Wildman–Crippen LogP) is 2.24. The third-order valence-corrected chi connectivity index (χ3v) is 5.56. The van der Waals surface area contributed by atoms with E-state index in [-0.39, 0.29) is 24.5 Å². The zero-order valence-electron chi connectivity index (χ0n) is 17.6. The standard InChI is InChI=1S/C20H29FN4O4S/c1-5-22-19(24-13-20(4,26)18-9-7-15(3)29-18)23-10-11-30(27,28)25-16-8-6-14(2)17(21)12-16/h6-9,12,25-26H,5,10-11,13H2,1-4H3,(H2,22,23,24). The molecular weight excluding hydrogens is 411 g/mol. The van der Waals surface area contributed by atoms with Gasteiger partial charge < -0.3 is 20.2 Å². The van der Waals surface area contributed by atoms with Crippen molar-refractivity contribution in [2.45, 2.75) is 33.3 Å². The number of aryl methyl sites for hydroxylation is 2. The number of aliphatic hydroxyl groups is 1. The summed E-state index contributed by atoms with van der Waals surface area (Å²) in [6.07, 6.45) is 0. The maximum atomic E-state index is 13.6. The van der Waals surface area contributed by atoms with Crippen LogP contribution in [-0.2, 0) is 15.6 Å². The smallest absolute Gasteiger partial charge is 0.234 e. The molecule has 10 heteroatoms. The second-order valence-corrected chi connectivity index (χ2v) is 9.03. The Morgan fingerprint density at radius 1 is 1.23 bits per heavy atom. The molecule has 0 aliphatic rings. The molecule has 2 aromatic rings. The van der Waals surface area contributed by atoms with Crippen molar-refractivity contribution in [3.05, 3.63) is 53.2 Å². The molecule has 1 aromatic carbocycles. The molecule has 0 spiro atoms. The molecule has 4 N–H and O–H groups in total. The molecule has 0 fully saturated rings. The van der Waals surface area contributed by atoms with Gasteiger partial charge in [-0.25, -0.2) is 17.8 Å². The second-order valence-electron chi connectivity index (χ2n) is 7.19. The molecular formula is C20H29FN4O4S. The molecule has 1 atom stereocenters. The highest BCUT2D eigenvalue weighted by Crippen LogP contribution is 2.23. The zero-order chi connectivity index (χ0) is 22.4. The quantitative estimate of drug-likeness (QED) is 0.351. The van der Waals surface area contributed by atoms with Crippen LogP contribution in [0.1, 0.15) is 30.9 Å². The lowest BCUT2D eigenvalue weighted by Crippen LogP contribution is -2.41. The minimum absolute atomic E-state index is 0.0168. The number of rotatable bonds is 9. The number of furan rings is 1. The van der Waals surface area contributed by atoms with Crippen molar-refractivity contribution >= 4 is 21.7 Å². The number of benzene rings is 1. The van der Waals surface area contributed by atoms with Gasteiger partial charge in [-0.3, -0.25) is 4.72 Å². The summed E-state index contributed by atoms with van der Waals surface area (Å²) in [4.78, 5) is 4.32. The van der Waals surface area contributed by atoms with Gasteiger partial charge in [0.25, 0.3) is 0 Å². The maximum Gasteiger partial charge on any atom is 0.234 e. The third-order valence-electron chi connectivity index (χ3n) is 4.27. The fourth-order valence-corrected chi connectivity index (χ4v) is 3.53. The molecule has 1 heterocycles. The highest BCUT2D eigenvalue weighted by molar-refractivity contribution is 7.92. The van der Waals surface area contributed by atoms with Crippen LogP contribution in [0.25, 0.3) is 0 Å². The second kappa shape index (κ2) is 9.94. The first kappa shape index (κ1) is 23.7. The van der Waals surface area contributed by atoms with Crippen LogP contribution in [0.15, 0.2) is 39.7 Å². The molecule has 0 aliphatic carbocycles. The Morgan fingerprint density at radius 3 is 2.57 bits per heavy atom. The van der Waals surface area contributed by atoms with Crippen molar-refractivity contribution in [2.24, 2.45) is 4.99 Å². The van der Waals surface area contributed by atoms with Gasteiger partial charge in [0, 0.05) is 13.1 Å². The molecule has 166 valence electrons. The Morgan fingerprint density at radius 2 is 1.97 bits per heavy atom. The van der Waals surface area contributed by atoms with Crippen molar-refractivity contribution in [2.75, 3.05) is 30.1 Å². The van der Waals surface area contributed by atoms with Gasteiger partial charge in [-0.15, -0.1) is 0 Å². The normalized spacial score (nSPS) is 14.3. The van der Waals surface area contributed by atoms with Crippen LogP contribution in [0.4, 0.5) is 10.1 Å². The molecule has 30 heavy (non-hydrogen) atoms. The van der Waals surface area contributed by atoms with E-state index in [1.54, 1.807) is 32.9 Å². The minimum atomic E-state index is -3.68. The first-order valence-corrected chi connectivity index (χ1v) is 11.3. The van der Waals surface area contributed by atoms with E-state index in [2.05, 4.69) is 20.3 Å². The lowest BCUT2D eigenvalue weighted by atomic mass is 10.0. The van der Waals surface area contributed by atoms with Crippen LogP contribution in [0.3, 0.4) is 0 Å². The first-order valence-electron chi connectivity index (χ1n) is 9.60. The molecule has 0 amide bonds. The van der Waals surface area contributed by atoms with Crippen molar-refractivity contribution in [1.82, 2.24) is 10.6 Å². The fourth-order valence-electron chi connectivity index (χ4n) is 2.57. The summed E-state index contributed by atoms with van der Waals surface area (Å²) >= 11 is 0. The monoisotopic (exact) mass is 440 g/mol. The van der Waals surface area contributed by atoms with E-state index in [0.29, 0.717) is 29.6 Å². The van der Waals surface area contributed by atoms with E-state index in [1.165, 1.54) is 12.1 Å². The van der Waals surface area contributed by atoms with Crippen LogP contribution < -0.4 is 15.4 Å². The minimum Gasteiger partial charge on any atom is -0.463 e. The Kier molecular flexibility index (Phi) is 7.85. The Bertz CT molecular complexity index is 986. The summed E-state index contributed by atoms with van der Waals surface area (Å²) in [5.41, 5.74) is -0.699. The molecule has 0 saturated carbocycles. The lowest BCUT2D eigenvalue weighted by molar-refractivity contribution is 0.0428. The predicted molar refractivity (Wildman–Crippen MR) is 116 cm³/mol. The summed E-state index contributed by atoms with van der Waals surface area (Å²) in [5.74, 6) is 0.717. The van der Waals surface area contributed by atoms with Gasteiger partial charge in [0.1, 0.15) is 22.9 Å². The van der Waals surface area contributed by atoms with Crippen LogP contribution >= 0.6 is 0 Å². The van der Waals surface area contributed by atoms with Gasteiger partial charge in [-0.2, -0.15) is 0 Å². The number of sulfonamides is 1. The van der Waals surface area contributed by atoms with Gasteiger partial charge >= 0.3 is 0 Å². The largest absolute Gasteiger partial charge is 0.463 e. The number of halogens is 1. The summed E-state index contributed by atoms with van der Waals surface area (Å²) < 4.78 is 45.9. The summed E-state index contributed by atoms with van der Waals surface area (Å²) in [6.45, 7) is 7.49. The molecule has 0 aliphatic heterocycles. The van der Waals surface area contributed by atoms with Crippen LogP contribution in [0, 0.1) is 19.7 Å². The average molecular weight is 441 g/mol. The number of nitrogens with zero attached hydrogens (tertiary/aromatic N) is 1. The van der Waals surface area contributed by atoms with E-state index in [9.17, 15) is 17.9 Å². The molecule has 8 nitrogen and oxygen atoms in total. The topological polar surface area (TPSA) is 116 Å². The van der Waals surface area contributed by atoms with Crippen LogP contribution in [-0.4, -0.2) is 44.9 Å². The summed E-state index contributed by atoms with van der Waals surface area (Å²) in [7, 11) is -3.68. The van der Waals surface area contributed by atoms with Crippen molar-refractivity contribution in [3.63, 3.8) is 0 Å². The highest BCUT2D eigenvalue weighted by Gasteiger charge is 2.26. The SMILES string of the molecule is CCNC(=NCC(C)(O)c1ccc(C)o1)NCCS(=O)(=O)Nc1ccc(C)c(F)c1. The zero-order valence-corrected chi connectivity index (χ0v) is 18.4. The van der Waals surface area contributed by atoms with Crippen LogP contribution in [0.5, 0.6) is 0 Å². The Labute approximate surface area is 176 Å². The lowest BCUT2D eigenvalue weighted by Gasteiger charge is -2.19. The number of hydrogen-bond acceptors (Lipinski definition) is 5. The van der Waals surface area contributed by atoms with Gasteiger partial charge in [-0.1, -0.05) is 6.07 Å².